The molecule has 4 N–H and O–H groups in total. The zero-order chi connectivity index (χ0) is 10.5. The van der Waals surface area contributed by atoms with Gasteiger partial charge in [0, 0.05) is 18.4 Å². The van der Waals surface area contributed by atoms with Crippen molar-refractivity contribution in [1.82, 2.24) is 10.7 Å². The molecule has 0 heterocycles. The van der Waals surface area contributed by atoms with Crippen LogP contribution in [-0.4, -0.2) is 6.54 Å². The molecule has 0 spiro atoms. The van der Waals surface area contributed by atoms with Crippen LogP contribution in [0.1, 0.15) is 47.0 Å². The molecule has 80 valence electrons. The Bertz CT molecular complexity index is 105. The second-order valence-electron chi connectivity index (χ2n) is 2.48. The highest BCUT2D eigenvalue weighted by molar-refractivity contribution is 4.94. The largest absolute Gasteiger partial charge is 0.389 e. The van der Waals surface area contributed by atoms with E-state index in [-0.39, 0.29) is 0 Å². The first-order valence-electron chi connectivity index (χ1n) is 5.24. The molecule has 0 unspecified atom stereocenters. The molecule has 0 aliphatic rings. The number of allylic oxidation sites excluding steroid dienone is 1. The normalized spacial score (nSPS) is 10.1. The molecule has 0 saturated carbocycles. The topological polar surface area (TPSA) is 50.1 Å². The van der Waals surface area contributed by atoms with Crippen LogP contribution >= 0.6 is 0 Å². The van der Waals surface area contributed by atoms with Crippen LogP contribution in [0.15, 0.2) is 11.9 Å². The van der Waals surface area contributed by atoms with Crippen molar-refractivity contribution in [2.24, 2.45) is 5.84 Å². The lowest BCUT2D eigenvalue weighted by molar-refractivity contribution is 0.716. The average molecular weight is 187 g/mol. The molecule has 0 fully saturated rings. The summed E-state index contributed by atoms with van der Waals surface area (Å²) in [6, 6.07) is 0. The second-order valence-corrected chi connectivity index (χ2v) is 2.48. The molecule has 0 rings (SSSR count). The molecule has 0 aliphatic heterocycles. The van der Waals surface area contributed by atoms with E-state index in [2.05, 4.69) is 24.6 Å². The van der Waals surface area contributed by atoms with Gasteiger partial charge in [0.15, 0.2) is 0 Å². The summed E-state index contributed by atoms with van der Waals surface area (Å²) in [6.07, 6.45) is 5.31. The molecule has 0 bridgehead atoms. The van der Waals surface area contributed by atoms with Gasteiger partial charge in [0.1, 0.15) is 0 Å². The highest BCUT2D eigenvalue weighted by atomic mass is 15.2. The Hall–Kier alpha value is -0.700. The number of rotatable bonds is 6. The molecular formula is C10H25N3. The highest BCUT2D eigenvalue weighted by Gasteiger charge is 1.86. The number of hydrazine groups is 1. The number of nitrogens with two attached hydrogens (primary N) is 1. The van der Waals surface area contributed by atoms with Crippen molar-refractivity contribution in [2.45, 2.75) is 47.0 Å². The maximum absolute atomic E-state index is 5.24. The van der Waals surface area contributed by atoms with Crippen molar-refractivity contribution in [1.29, 1.82) is 0 Å². The summed E-state index contributed by atoms with van der Waals surface area (Å²) in [5, 5.41) is 3.18. The Morgan fingerprint density at radius 3 is 2.31 bits per heavy atom. The van der Waals surface area contributed by atoms with Gasteiger partial charge in [-0.15, -0.1) is 0 Å². The Balaban J connectivity index is 0. The fraction of sp³-hybridized carbons (Fsp3) is 0.800. The van der Waals surface area contributed by atoms with Crippen molar-refractivity contribution in [2.75, 3.05) is 6.54 Å². The van der Waals surface area contributed by atoms with Crippen LogP contribution in [-0.2, 0) is 0 Å². The lowest BCUT2D eigenvalue weighted by Gasteiger charge is -2.04. The van der Waals surface area contributed by atoms with Gasteiger partial charge in [0.25, 0.3) is 0 Å². The zero-order valence-corrected chi connectivity index (χ0v) is 9.48. The van der Waals surface area contributed by atoms with Crippen LogP contribution in [0.4, 0.5) is 0 Å². The van der Waals surface area contributed by atoms with Crippen molar-refractivity contribution < 1.29 is 0 Å². The fourth-order valence-corrected chi connectivity index (χ4v) is 0.720. The first-order chi connectivity index (χ1) is 6.35. The SMILES string of the molecule is CC.CCCCN/C=C(/CC)NN. The van der Waals surface area contributed by atoms with E-state index in [0.29, 0.717) is 0 Å². The van der Waals surface area contributed by atoms with E-state index >= 15 is 0 Å². The number of unbranched alkanes of at least 4 members (excludes halogenated alkanes) is 1. The van der Waals surface area contributed by atoms with Crippen molar-refractivity contribution in [3.05, 3.63) is 11.9 Å². The molecule has 3 heteroatoms. The highest BCUT2D eigenvalue weighted by Crippen LogP contribution is 1.90. The van der Waals surface area contributed by atoms with Crippen molar-refractivity contribution >= 4 is 0 Å². The Kier molecular flexibility index (Phi) is 15.8. The van der Waals surface area contributed by atoms with Gasteiger partial charge in [-0.25, -0.2) is 0 Å². The van der Waals surface area contributed by atoms with Gasteiger partial charge in [-0.05, 0) is 12.8 Å². The van der Waals surface area contributed by atoms with Crippen LogP contribution < -0.4 is 16.6 Å². The Morgan fingerprint density at radius 2 is 1.92 bits per heavy atom. The van der Waals surface area contributed by atoms with Gasteiger partial charge < -0.3 is 10.7 Å². The third-order valence-electron chi connectivity index (χ3n) is 1.52. The number of hydrogen-bond donors (Lipinski definition) is 3. The number of nitrogens with one attached hydrogen (secondary N) is 2. The minimum atomic E-state index is 0.940. The average Bonchev–Trinajstić information content (AvgIpc) is 2.21. The lowest BCUT2D eigenvalue weighted by Crippen LogP contribution is -2.23. The molecule has 0 atom stereocenters. The van der Waals surface area contributed by atoms with Gasteiger partial charge in [0.2, 0.25) is 0 Å². The summed E-state index contributed by atoms with van der Waals surface area (Å²) in [5.41, 5.74) is 3.67. The van der Waals surface area contributed by atoms with E-state index in [4.69, 9.17) is 5.84 Å². The Labute approximate surface area is 82.7 Å². The molecule has 0 aromatic rings. The monoisotopic (exact) mass is 187 g/mol. The van der Waals surface area contributed by atoms with Crippen LogP contribution in [0.3, 0.4) is 0 Å². The molecule has 0 radical (unpaired) electrons. The standard InChI is InChI=1S/C8H19N3.C2H6/c1-3-5-6-10-7-8(4-2)11-9;1-2/h7,10-11H,3-6,9H2,1-2H3;1-2H3/b8-7-;. The van der Waals surface area contributed by atoms with Crippen molar-refractivity contribution in [3.8, 4) is 0 Å². The van der Waals surface area contributed by atoms with Crippen molar-refractivity contribution in [3.63, 3.8) is 0 Å². The smallest absolute Gasteiger partial charge is 0.0412 e. The van der Waals surface area contributed by atoms with E-state index in [1.54, 1.807) is 0 Å². The first kappa shape index (κ1) is 14.8. The van der Waals surface area contributed by atoms with E-state index in [0.717, 1.165) is 18.7 Å². The summed E-state index contributed by atoms with van der Waals surface area (Å²) in [7, 11) is 0. The molecule has 3 nitrogen and oxygen atoms in total. The third kappa shape index (κ3) is 11.3. The van der Waals surface area contributed by atoms with Crippen LogP contribution in [0, 0.1) is 0 Å². The molecular weight excluding hydrogens is 162 g/mol. The van der Waals surface area contributed by atoms with Gasteiger partial charge in [-0.1, -0.05) is 34.1 Å². The molecule has 13 heavy (non-hydrogen) atoms. The number of hydrogen-bond acceptors (Lipinski definition) is 3. The van der Waals surface area contributed by atoms with Gasteiger partial charge in [0.05, 0.1) is 0 Å². The first-order valence-corrected chi connectivity index (χ1v) is 5.24. The molecule has 0 amide bonds. The van der Waals surface area contributed by atoms with Crippen LogP contribution in [0.5, 0.6) is 0 Å². The summed E-state index contributed by atoms with van der Waals surface area (Å²) in [4.78, 5) is 0. The predicted octanol–water partition coefficient (Wildman–Crippen LogP) is 2.12. The summed E-state index contributed by atoms with van der Waals surface area (Å²) >= 11 is 0. The predicted molar refractivity (Wildman–Crippen MR) is 60.0 cm³/mol. The molecule has 0 aromatic heterocycles. The minimum Gasteiger partial charge on any atom is -0.389 e. The lowest BCUT2D eigenvalue weighted by atomic mass is 10.3. The minimum absolute atomic E-state index is 0.940. The van der Waals surface area contributed by atoms with Gasteiger partial charge in [-0.2, -0.15) is 0 Å². The van der Waals surface area contributed by atoms with Crippen LogP contribution in [0.25, 0.3) is 0 Å². The fourth-order valence-electron chi connectivity index (χ4n) is 0.720. The summed E-state index contributed by atoms with van der Waals surface area (Å²) in [6.45, 7) is 9.27. The van der Waals surface area contributed by atoms with E-state index < -0.39 is 0 Å². The maximum Gasteiger partial charge on any atom is 0.0412 e. The van der Waals surface area contributed by atoms with E-state index in [1.807, 2.05) is 20.0 Å². The van der Waals surface area contributed by atoms with Gasteiger partial charge in [-0.3, -0.25) is 5.84 Å². The van der Waals surface area contributed by atoms with Crippen LogP contribution in [0.2, 0.25) is 0 Å². The third-order valence-corrected chi connectivity index (χ3v) is 1.52. The molecule has 0 aliphatic carbocycles. The Morgan fingerprint density at radius 1 is 1.31 bits per heavy atom. The zero-order valence-electron chi connectivity index (χ0n) is 9.48. The summed E-state index contributed by atoms with van der Waals surface area (Å²) < 4.78 is 0. The second kappa shape index (κ2) is 13.9. The quantitative estimate of drug-likeness (QED) is 0.339. The summed E-state index contributed by atoms with van der Waals surface area (Å²) in [5.74, 6) is 5.24. The molecule has 0 saturated heterocycles. The van der Waals surface area contributed by atoms with E-state index in [1.165, 1.54) is 12.8 Å². The maximum atomic E-state index is 5.24. The van der Waals surface area contributed by atoms with Gasteiger partial charge >= 0.3 is 0 Å². The van der Waals surface area contributed by atoms with E-state index in [9.17, 15) is 0 Å². The molecule has 0 aromatic carbocycles.